The molecule has 9 heteroatoms. The van der Waals surface area contributed by atoms with Crippen molar-refractivity contribution in [2.24, 2.45) is 0 Å². The second kappa shape index (κ2) is 13.0. The highest BCUT2D eigenvalue weighted by molar-refractivity contribution is 7.18. The van der Waals surface area contributed by atoms with Crippen LogP contribution in [0.3, 0.4) is 0 Å². The topological polar surface area (TPSA) is 81.5 Å². The number of hydrogen-bond acceptors (Lipinski definition) is 7. The highest BCUT2D eigenvalue weighted by Gasteiger charge is 2.33. The van der Waals surface area contributed by atoms with Crippen LogP contribution in [0.2, 0.25) is 0 Å². The maximum Gasteiger partial charge on any atom is 0.237 e. The lowest BCUT2D eigenvalue weighted by Gasteiger charge is -2.35. The molecule has 1 N–H and O–H groups in total. The van der Waals surface area contributed by atoms with Crippen molar-refractivity contribution in [3.05, 3.63) is 81.6 Å². The Kier molecular flexibility index (Phi) is 8.80. The molecule has 8 nitrogen and oxygen atoms in total. The molecule has 5 aromatic rings. The zero-order valence-corrected chi connectivity index (χ0v) is 29.2. The second-order valence-corrected chi connectivity index (χ2v) is 15.1. The number of carbonyl (C=O) groups is 1. The fraction of sp³-hybridized carbons (Fsp3) is 0.447. The normalized spacial score (nSPS) is 16.5. The summed E-state index contributed by atoms with van der Waals surface area (Å²) in [7, 11) is 0. The number of nitrogens with zero attached hydrogens (tertiary/aromatic N) is 5. The summed E-state index contributed by atoms with van der Waals surface area (Å²) in [5, 5.41) is 5.62. The van der Waals surface area contributed by atoms with Crippen LogP contribution in [0.1, 0.15) is 59.7 Å². The van der Waals surface area contributed by atoms with Gasteiger partial charge in [0.25, 0.3) is 0 Å². The molecule has 0 spiro atoms. The maximum absolute atomic E-state index is 12.7. The molecule has 1 amide bonds. The number of piperazine rings is 1. The zero-order chi connectivity index (χ0) is 32.7. The Labute approximate surface area is 281 Å². The van der Waals surface area contributed by atoms with Gasteiger partial charge in [-0.1, -0.05) is 52.2 Å². The molecule has 2 fully saturated rings. The highest BCUT2D eigenvalue weighted by Crippen LogP contribution is 2.42. The van der Waals surface area contributed by atoms with Gasteiger partial charge < -0.3 is 19.3 Å². The van der Waals surface area contributed by atoms with Crippen LogP contribution in [0.4, 0.5) is 0 Å². The summed E-state index contributed by atoms with van der Waals surface area (Å²) >= 11 is 1.78. The van der Waals surface area contributed by atoms with E-state index in [2.05, 4.69) is 91.0 Å². The van der Waals surface area contributed by atoms with Gasteiger partial charge in [-0.3, -0.25) is 9.69 Å². The van der Waals surface area contributed by atoms with Gasteiger partial charge in [0.15, 0.2) is 0 Å². The number of aromatic nitrogens is 3. The standard InChI is InChI=1S/C38H46N6O2S/c1-25-8-10-28(11-9-25)35-40-37(46-41-35)38(4,5)32-23-31-30(34(39-36(31)47-32)29-21-26(2)20-27(3)22-29)12-15-42-16-18-43(19-17-42)24-33(45)44-13-6-7-14-44/h8-11,20-23,39H,6-7,12-19,24H2,1-5H3. The lowest BCUT2D eigenvalue weighted by atomic mass is 9.90. The number of likely N-dealkylation sites (tertiary alicyclic amines) is 1. The predicted octanol–water partition coefficient (Wildman–Crippen LogP) is 6.98. The molecular formula is C38H46N6O2S. The molecule has 2 aliphatic rings. The predicted molar refractivity (Wildman–Crippen MR) is 190 cm³/mol. The minimum absolute atomic E-state index is 0.298. The van der Waals surface area contributed by atoms with Gasteiger partial charge in [0.05, 0.1) is 17.7 Å². The third-order valence-corrected chi connectivity index (χ3v) is 11.3. The number of thiophene rings is 1. The van der Waals surface area contributed by atoms with Gasteiger partial charge in [0, 0.05) is 61.6 Å². The van der Waals surface area contributed by atoms with E-state index < -0.39 is 5.41 Å². The van der Waals surface area contributed by atoms with E-state index in [1.165, 1.54) is 48.6 Å². The Balaban J connectivity index is 1.12. The number of nitrogens with one attached hydrogen (secondary N) is 1. The van der Waals surface area contributed by atoms with Crippen LogP contribution in [-0.4, -0.2) is 88.1 Å². The molecule has 5 heterocycles. The molecular weight excluding hydrogens is 605 g/mol. The Bertz CT molecular complexity index is 1850. The van der Waals surface area contributed by atoms with Gasteiger partial charge in [-0.2, -0.15) is 4.98 Å². The molecule has 2 aromatic carbocycles. The molecule has 2 aliphatic heterocycles. The second-order valence-electron chi connectivity index (χ2n) is 14.1. The molecule has 246 valence electrons. The van der Waals surface area contributed by atoms with E-state index in [9.17, 15) is 4.79 Å². The van der Waals surface area contributed by atoms with Crippen LogP contribution in [0, 0.1) is 20.8 Å². The Morgan fingerprint density at radius 1 is 0.872 bits per heavy atom. The first-order valence-electron chi connectivity index (χ1n) is 17.0. The van der Waals surface area contributed by atoms with Crippen LogP contribution in [0.5, 0.6) is 0 Å². The third kappa shape index (κ3) is 6.66. The number of hydrogen-bond donors (Lipinski definition) is 1. The van der Waals surface area contributed by atoms with Gasteiger partial charge in [-0.05, 0) is 83.2 Å². The average molecular weight is 651 g/mol. The van der Waals surface area contributed by atoms with Gasteiger partial charge >= 0.3 is 0 Å². The van der Waals surface area contributed by atoms with E-state index in [-0.39, 0.29) is 0 Å². The van der Waals surface area contributed by atoms with E-state index in [0.29, 0.717) is 24.2 Å². The summed E-state index contributed by atoms with van der Waals surface area (Å²) in [6.07, 6.45) is 3.24. The number of amides is 1. The first kappa shape index (κ1) is 31.8. The summed E-state index contributed by atoms with van der Waals surface area (Å²) in [6, 6.07) is 17.4. The fourth-order valence-corrected chi connectivity index (χ4v) is 8.25. The molecule has 2 saturated heterocycles. The lowest BCUT2D eigenvalue weighted by molar-refractivity contribution is -0.131. The number of carbonyl (C=O) groups excluding carboxylic acids is 1. The van der Waals surface area contributed by atoms with Gasteiger partial charge in [-0.25, -0.2) is 0 Å². The monoisotopic (exact) mass is 650 g/mol. The van der Waals surface area contributed by atoms with E-state index >= 15 is 0 Å². The molecule has 0 radical (unpaired) electrons. The minimum atomic E-state index is -0.444. The molecule has 7 rings (SSSR count). The Morgan fingerprint density at radius 3 is 2.26 bits per heavy atom. The zero-order valence-electron chi connectivity index (χ0n) is 28.4. The molecule has 0 bridgehead atoms. The van der Waals surface area contributed by atoms with E-state index in [1.807, 2.05) is 17.0 Å². The van der Waals surface area contributed by atoms with E-state index in [0.717, 1.165) is 70.6 Å². The minimum Gasteiger partial charge on any atom is -0.346 e. The van der Waals surface area contributed by atoms with Crippen molar-refractivity contribution >= 4 is 27.5 Å². The number of benzene rings is 2. The Hall–Kier alpha value is -3.79. The largest absolute Gasteiger partial charge is 0.346 e. The van der Waals surface area contributed by atoms with E-state index in [4.69, 9.17) is 9.51 Å². The highest BCUT2D eigenvalue weighted by atomic mass is 32.1. The van der Waals surface area contributed by atoms with Crippen molar-refractivity contribution < 1.29 is 9.32 Å². The molecule has 0 unspecified atom stereocenters. The van der Waals surface area contributed by atoms with Crippen molar-refractivity contribution in [3.63, 3.8) is 0 Å². The maximum atomic E-state index is 12.7. The smallest absolute Gasteiger partial charge is 0.237 e. The summed E-state index contributed by atoms with van der Waals surface area (Å²) in [5.41, 5.74) is 8.08. The first-order chi connectivity index (χ1) is 22.6. The molecule has 0 atom stereocenters. The quantitative estimate of drug-likeness (QED) is 0.185. The number of rotatable bonds is 9. The summed E-state index contributed by atoms with van der Waals surface area (Å²) in [5.74, 6) is 1.54. The van der Waals surface area contributed by atoms with E-state index in [1.54, 1.807) is 11.3 Å². The Morgan fingerprint density at radius 2 is 1.55 bits per heavy atom. The lowest BCUT2D eigenvalue weighted by Crippen LogP contribution is -2.50. The summed E-state index contributed by atoms with van der Waals surface area (Å²) < 4.78 is 5.88. The van der Waals surface area contributed by atoms with Crippen LogP contribution in [0.25, 0.3) is 32.9 Å². The molecule has 0 aliphatic carbocycles. The van der Waals surface area contributed by atoms with Crippen molar-refractivity contribution in [2.45, 2.75) is 59.3 Å². The number of aromatic amines is 1. The van der Waals surface area contributed by atoms with Gasteiger partial charge in [-0.15, -0.1) is 11.3 Å². The summed E-state index contributed by atoms with van der Waals surface area (Å²) in [6.45, 7) is 18.0. The van der Waals surface area contributed by atoms with Crippen molar-refractivity contribution in [3.8, 4) is 22.6 Å². The van der Waals surface area contributed by atoms with Gasteiger partial charge in [0.2, 0.25) is 17.6 Å². The number of aryl methyl sites for hydroxylation is 3. The van der Waals surface area contributed by atoms with Gasteiger partial charge in [0.1, 0.15) is 4.83 Å². The number of H-pyrrole nitrogens is 1. The average Bonchev–Trinajstić information content (AvgIpc) is 3.86. The van der Waals surface area contributed by atoms with Crippen LogP contribution < -0.4 is 0 Å². The number of fused-ring (bicyclic) bond motifs is 1. The van der Waals surface area contributed by atoms with Crippen LogP contribution in [-0.2, 0) is 16.6 Å². The first-order valence-corrected chi connectivity index (χ1v) is 17.8. The van der Waals surface area contributed by atoms with Crippen molar-refractivity contribution in [1.82, 2.24) is 29.8 Å². The van der Waals surface area contributed by atoms with Crippen molar-refractivity contribution in [2.75, 3.05) is 52.4 Å². The third-order valence-electron chi connectivity index (χ3n) is 9.95. The fourth-order valence-electron chi connectivity index (χ4n) is 7.07. The molecule has 0 saturated carbocycles. The summed E-state index contributed by atoms with van der Waals surface area (Å²) in [4.78, 5) is 30.7. The SMILES string of the molecule is Cc1ccc(-c2noc(C(C)(C)c3cc4c(CCN5CCN(CC(=O)N6CCCC6)CC5)c(-c5cc(C)cc(C)c5)[nH]c4s3)n2)cc1. The van der Waals surface area contributed by atoms with Crippen LogP contribution in [0.15, 0.2) is 53.1 Å². The molecule has 47 heavy (non-hydrogen) atoms. The molecule has 3 aromatic heterocycles. The van der Waals surface area contributed by atoms with Crippen LogP contribution >= 0.6 is 11.3 Å². The van der Waals surface area contributed by atoms with Crippen molar-refractivity contribution in [1.29, 1.82) is 0 Å².